The number of nitrogens with one attached hydrogen (secondary N) is 2. The Morgan fingerprint density at radius 1 is 0.553 bits per heavy atom. The maximum Gasteiger partial charge on any atom is 0.224 e. The molecule has 1 aliphatic heterocycles. The molecule has 0 fully saturated rings. The lowest BCUT2D eigenvalue weighted by atomic mass is 9.91. The highest BCUT2D eigenvalue weighted by atomic mass is 16.2. The Balaban J connectivity index is 1.41. The van der Waals surface area contributed by atoms with E-state index in [4.69, 9.17) is 0 Å². The maximum absolute atomic E-state index is 13.0. The number of rotatable bonds is 2. The summed E-state index contributed by atoms with van der Waals surface area (Å²) in [4.78, 5) is 26.1. The van der Waals surface area contributed by atoms with Crippen molar-refractivity contribution in [3.05, 3.63) is 120 Å². The van der Waals surface area contributed by atoms with Crippen LogP contribution >= 0.6 is 0 Å². The van der Waals surface area contributed by atoms with Gasteiger partial charge < -0.3 is 10.6 Å². The molecule has 0 spiro atoms. The minimum Gasteiger partial charge on any atom is -0.348 e. The van der Waals surface area contributed by atoms with Crippen LogP contribution in [0.2, 0.25) is 0 Å². The Hall–Kier alpha value is -4.18. The fourth-order valence-electron chi connectivity index (χ4n) is 5.31. The van der Waals surface area contributed by atoms with E-state index < -0.39 is 0 Å². The van der Waals surface area contributed by atoms with Crippen molar-refractivity contribution in [2.75, 3.05) is 0 Å². The second-order valence-electron chi connectivity index (χ2n) is 10.3. The third-order valence-electron chi connectivity index (χ3n) is 7.44. The van der Waals surface area contributed by atoms with Gasteiger partial charge in [-0.3, -0.25) is 9.59 Å². The number of carbonyl (C=O) groups is 2. The molecule has 4 aromatic carbocycles. The summed E-state index contributed by atoms with van der Waals surface area (Å²) in [6.07, 6.45) is 8.48. The van der Waals surface area contributed by atoms with E-state index in [9.17, 15) is 9.59 Å². The highest BCUT2D eigenvalue weighted by Gasteiger charge is 2.22. The van der Waals surface area contributed by atoms with Gasteiger partial charge in [0.25, 0.3) is 0 Å². The Morgan fingerprint density at radius 2 is 0.947 bits per heavy atom. The van der Waals surface area contributed by atoms with E-state index in [1.807, 2.05) is 48.6 Å². The second kappa shape index (κ2) is 11.5. The summed E-state index contributed by atoms with van der Waals surface area (Å²) >= 11 is 0. The van der Waals surface area contributed by atoms with Crippen molar-refractivity contribution < 1.29 is 9.59 Å². The summed E-state index contributed by atoms with van der Waals surface area (Å²) in [5.74, 6) is -0.0181. The summed E-state index contributed by atoms with van der Waals surface area (Å²) in [6, 6.07) is 28.7. The quantitative estimate of drug-likeness (QED) is 0.285. The van der Waals surface area contributed by atoms with Crippen LogP contribution in [0.4, 0.5) is 0 Å². The van der Waals surface area contributed by atoms with Gasteiger partial charge in [0, 0.05) is 12.8 Å². The van der Waals surface area contributed by atoms with Crippen LogP contribution in [0.3, 0.4) is 0 Å². The van der Waals surface area contributed by atoms with Crippen LogP contribution in [-0.2, 0) is 9.59 Å². The lowest BCUT2D eigenvalue weighted by Gasteiger charge is -2.26. The molecule has 0 saturated carbocycles. The zero-order chi connectivity index (χ0) is 26.5. The number of benzene rings is 4. The van der Waals surface area contributed by atoms with Gasteiger partial charge in [0.2, 0.25) is 11.8 Å². The van der Waals surface area contributed by atoms with E-state index in [1.165, 1.54) is 10.8 Å². The monoisotopic (exact) mass is 502 g/mol. The third kappa shape index (κ3) is 5.86. The number of amides is 2. The Bertz CT molecular complexity index is 1400. The minimum absolute atomic E-state index is 0.00930. The molecule has 4 aromatic rings. The third-order valence-corrected chi connectivity index (χ3v) is 7.44. The molecule has 4 nitrogen and oxygen atoms in total. The maximum atomic E-state index is 13.0. The Morgan fingerprint density at radius 3 is 1.37 bits per heavy atom. The first-order valence-corrected chi connectivity index (χ1v) is 13.4. The van der Waals surface area contributed by atoms with E-state index in [0.717, 1.165) is 21.9 Å². The summed E-state index contributed by atoms with van der Waals surface area (Å²) < 4.78 is 0. The van der Waals surface area contributed by atoms with Crippen molar-refractivity contribution >= 4 is 33.4 Å². The van der Waals surface area contributed by atoms with Crippen molar-refractivity contribution in [1.29, 1.82) is 0 Å². The first-order chi connectivity index (χ1) is 18.5. The molecule has 0 radical (unpaired) electrons. The normalized spacial score (nSPS) is 23.1. The number of carbonyl (C=O) groups excluding carboxylic acids is 2. The average molecular weight is 503 g/mol. The first-order valence-electron chi connectivity index (χ1n) is 13.4. The van der Waals surface area contributed by atoms with E-state index in [0.29, 0.717) is 0 Å². The smallest absolute Gasteiger partial charge is 0.224 e. The van der Waals surface area contributed by atoms with Gasteiger partial charge in [-0.25, -0.2) is 0 Å². The zero-order valence-corrected chi connectivity index (χ0v) is 21.9. The molecular formula is C34H34N2O2. The van der Waals surface area contributed by atoms with Crippen LogP contribution in [0.15, 0.2) is 109 Å². The zero-order valence-electron chi connectivity index (χ0n) is 21.9. The Kier molecular flexibility index (Phi) is 7.69. The van der Waals surface area contributed by atoms with Gasteiger partial charge in [0.05, 0.1) is 12.1 Å². The van der Waals surface area contributed by atoms with Gasteiger partial charge in [0.1, 0.15) is 0 Å². The SMILES string of the molecule is C[C@H]1C=CCC(=O)N[C@@H](c2ccc3ccccc3c2)[C@@H](C)C=CCC(=O)N[C@@H]1c1ccc2ccccc2c1. The summed E-state index contributed by atoms with van der Waals surface area (Å²) in [7, 11) is 0. The van der Waals surface area contributed by atoms with E-state index in [1.54, 1.807) is 0 Å². The largest absolute Gasteiger partial charge is 0.348 e. The molecule has 0 unspecified atom stereocenters. The van der Waals surface area contributed by atoms with Crippen molar-refractivity contribution in [1.82, 2.24) is 10.6 Å². The molecule has 2 amide bonds. The van der Waals surface area contributed by atoms with E-state index in [2.05, 4.69) is 85.1 Å². The van der Waals surface area contributed by atoms with Crippen LogP contribution in [0.1, 0.15) is 49.9 Å². The lowest BCUT2D eigenvalue weighted by Crippen LogP contribution is -2.33. The summed E-state index contributed by atoms with van der Waals surface area (Å²) in [5, 5.41) is 11.1. The highest BCUT2D eigenvalue weighted by Crippen LogP contribution is 2.29. The average Bonchev–Trinajstić information content (AvgIpc) is 2.93. The van der Waals surface area contributed by atoms with Crippen molar-refractivity contribution in [3.63, 3.8) is 0 Å². The van der Waals surface area contributed by atoms with Crippen molar-refractivity contribution in [2.45, 2.75) is 38.8 Å². The molecule has 2 N–H and O–H groups in total. The molecular weight excluding hydrogens is 468 g/mol. The molecule has 1 aliphatic rings. The fourth-order valence-corrected chi connectivity index (χ4v) is 5.31. The number of hydrogen-bond acceptors (Lipinski definition) is 2. The Labute approximate surface area is 224 Å². The molecule has 5 rings (SSSR count). The van der Waals surface area contributed by atoms with Crippen molar-refractivity contribution in [2.24, 2.45) is 11.8 Å². The van der Waals surface area contributed by atoms with Crippen LogP contribution in [0, 0.1) is 11.8 Å². The summed E-state index contributed by atoms with van der Waals surface area (Å²) in [5.41, 5.74) is 2.11. The van der Waals surface area contributed by atoms with Crippen LogP contribution in [0.25, 0.3) is 21.5 Å². The highest BCUT2D eigenvalue weighted by molar-refractivity contribution is 5.85. The van der Waals surface area contributed by atoms with E-state index in [-0.39, 0.29) is 48.6 Å². The molecule has 0 saturated heterocycles. The van der Waals surface area contributed by atoms with Gasteiger partial charge >= 0.3 is 0 Å². The second-order valence-corrected chi connectivity index (χ2v) is 10.3. The fraction of sp³-hybridized carbons (Fsp3) is 0.235. The molecule has 0 aliphatic carbocycles. The molecule has 1 heterocycles. The van der Waals surface area contributed by atoms with Gasteiger partial charge in [-0.1, -0.05) is 111 Å². The molecule has 4 heteroatoms. The van der Waals surface area contributed by atoms with Crippen LogP contribution in [-0.4, -0.2) is 11.8 Å². The van der Waals surface area contributed by atoms with Gasteiger partial charge in [-0.15, -0.1) is 0 Å². The predicted octanol–water partition coefficient (Wildman–Crippen LogP) is 7.19. The standard InChI is InChI=1S/C34H34N2O2/c1-23-9-7-15-32(38)36-34(30-20-18-26-12-4-6-14-28(26)22-30)24(2)10-8-16-31(37)35-33(23)29-19-17-25-11-3-5-13-27(25)21-29/h3-14,17-24,33-34H,15-16H2,1-2H3,(H,35,37)(H,36,38)/t23-,24-,33-,34+/m0/s1. The predicted molar refractivity (Wildman–Crippen MR) is 156 cm³/mol. The first kappa shape index (κ1) is 25.5. The molecule has 4 atom stereocenters. The molecule has 192 valence electrons. The molecule has 0 aromatic heterocycles. The topological polar surface area (TPSA) is 58.2 Å². The van der Waals surface area contributed by atoms with Crippen LogP contribution < -0.4 is 10.6 Å². The minimum atomic E-state index is -0.189. The van der Waals surface area contributed by atoms with Gasteiger partial charge in [-0.2, -0.15) is 0 Å². The number of fused-ring (bicyclic) bond motifs is 2. The van der Waals surface area contributed by atoms with Gasteiger partial charge in [-0.05, 0) is 56.6 Å². The van der Waals surface area contributed by atoms with Crippen molar-refractivity contribution in [3.8, 4) is 0 Å². The van der Waals surface area contributed by atoms with E-state index >= 15 is 0 Å². The lowest BCUT2D eigenvalue weighted by molar-refractivity contribution is -0.122. The molecule has 38 heavy (non-hydrogen) atoms. The van der Waals surface area contributed by atoms with Crippen LogP contribution in [0.5, 0.6) is 0 Å². The van der Waals surface area contributed by atoms with Gasteiger partial charge in [0.15, 0.2) is 0 Å². The summed E-state index contributed by atoms with van der Waals surface area (Å²) in [6.45, 7) is 4.16. The number of hydrogen-bond donors (Lipinski definition) is 2. The molecule has 0 bridgehead atoms.